The lowest BCUT2D eigenvalue weighted by Crippen LogP contribution is -2.16. The van der Waals surface area contributed by atoms with Gasteiger partial charge in [-0.05, 0) is 25.5 Å². The molecule has 116 valence electrons. The quantitative estimate of drug-likeness (QED) is 0.797. The number of halogens is 3. The van der Waals surface area contributed by atoms with E-state index in [0.29, 0.717) is 16.0 Å². The molecule has 0 aliphatic rings. The molecule has 0 saturated carbocycles. The number of benzene rings is 1. The number of aryl methyl sites for hydroxylation is 1. The van der Waals surface area contributed by atoms with Crippen molar-refractivity contribution in [3.05, 3.63) is 35.2 Å². The number of fused-ring (bicyclic) bond motifs is 1. The molecule has 1 aromatic carbocycles. The molecule has 0 amide bonds. The maximum Gasteiger partial charge on any atom is 0.600 e. The van der Waals surface area contributed by atoms with Gasteiger partial charge < -0.3 is 9.90 Å². The van der Waals surface area contributed by atoms with Gasteiger partial charge >= 0.3 is 5.51 Å². The number of thiophene rings is 1. The van der Waals surface area contributed by atoms with Crippen LogP contribution in [0.1, 0.15) is 31.6 Å². The number of carbonyl (C=O) groups excluding carboxylic acids is 1. The van der Waals surface area contributed by atoms with Crippen molar-refractivity contribution in [1.29, 1.82) is 0 Å². The lowest BCUT2D eigenvalue weighted by molar-refractivity contribution is -0.302. The number of aliphatic carboxylic acids is 1. The highest BCUT2D eigenvalue weighted by atomic mass is 32.2. The third-order valence-corrected chi connectivity index (χ3v) is 4.85. The van der Waals surface area contributed by atoms with E-state index in [1.165, 1.54) is 0 Å². The van der Waals surface area contributed by atoms with Crippen LogP contribution >= 0.6 is 10.5 Å². The Balaban J connectivity index is 0.000000491. The minimum absolute atomic E-state index is 0.436. The zero-order valence-corrected chi connectivity index (χ0v) is 12.7. The average molecular weight is 318 g/mol. The summed E-state index contributed by atoms with van der Waals surface area (Å²) in [5.41, 5.74) is -4.15. The average Bonchev–Trinajstić information content (AvgIpc) is 2.73. The topological polar surface area (TPSA) is 40.1 Å². The Bertz CT molecular complexity index is 598. The standard InChI is InChI=1S/C13H14F3S.C2H4O2/c1-2-3-7-11-9-10-6-4-5-8-12(10)17(11)13(14,15)16;1-2(3)4/h4-6,8-9H,2-3,7H2,1H3;1H3,(H,3,4)/q+1;/p-1. The molecule has 0 saturated heterocycles. The summed E-state index contributed by atoms with van der Waals surface area (Å²) in [6.07, 6.45) is 2.29. The van der Waals surface area contributed by atoms with E-state index in [2.05, 4.69) is 0 Å². The molecule has 0 spiro atoms. The van der Waals surface area contributed by atoms with E-state index in [1.807, 2.05) is 6.92 Å². The molecule has 0 aliphatic heterocycles. The van der Waals surface area contributed by atoms with Crippen molar-refractivity contribution < 1.29 is 23.1 Å². The first-order valence-corrected chi connectivity index (χ1v) is 7.78. The summed E-state index contributed by atoms with van der Waals surface area (Å²) < 4.78 is 39.7. The summed E-state index contributed by atoms with van der Waals surface area (Å²) in [6, 6.07) is 8.56. The number of carboxylic acid groups (broad SMARTS) is 1. The van der Waals surface area contributed by atoms with Crippen LogP contribution in [0.4, 0.5) is 13.2 Å². The second kappa shape index (κ2) is 7.45. The second-order valence-corrected chi connectivity index (χ2v) is 6.54. The molecule has 0 radical (unpaired) electrons. The SMILES string of the molecule is CC(=O)[O-].CCCCc1cc2ccccc2[s+]1C(F)(F)F. The van der Waals surface area contributed by atoms with E-state index in [1.54, 1.807) is 30.3 Å². The highest BCUT2D eigenvalue weighted by Gasteiger charge is 2.47. The normalized spacial score (nSPS) is 12.0. The Morgan fingerprint density at radius 3 is 2.38 bits per heavy atom. The predicted molar refractivity (Wildman–Crippen MR) is 77.0 cm³/mol. The van der Waals surface area contributed by atoms with Crippen molar-refractivity contribution in [3.8, 4) is 0 Å². The first kappa shape index (κ1) is 17.5. The van der Waals surface area contributed by atoms with Gasteiger partial charge in [0.15, 0.2) is 9.58 Å². The van der Waals surface area contributed by atoms with Gasteiger partial charge in [0.05, 0.1) is 10.5 Å². The molecule has 2 aromatic rings. The van der Waals surface area contributed by atoms with Crippen LogP contribution in [0.2, 0.25) is 0 Å². The number of unbranched alkanes of at least 4 members (excludes halogenated alkanes) is 1. The zero-order chi connectivity index (χ0) is 16.0. The van der Waals surface area contributed by atoms with Crippen LogP contribution in [0.25, 0.3) is 10.1 Å². The predicted octanol–water partition coefficient (Wildman–Crippen LogP) is 4.16. The maximum atomic E-state index is 13.1. The van der Waals surface area contributed by atoms with Crippen LogP contribution in [0.3, 0.4) is 0 Å². The van der Waals surface area contributed by atoms with Crippen molar-refractivity contribution in [1.82, 2.24) is 0 Å². The summed E-state index contributed by atoms with van der Waals surface area (Å²) in [5, 5.41) is 9.62. The Hall–Kier alpha value is -1.56. The number of hydrogen-bond donors (Lipinski definition) is 0. The largest absolute Gasteiger partial charge is 0.600 e. The van der Waals surface area contributed by atoms with E-state index in [-0.39, 0.29) is 0 Å². The van der Waals surface area contributed by atoms with Crippen LogP contribution in [0, 0.1) is 0 Å². The van der Waals surface area contributed by atoms with E-state index in [0.717, 1.165) is 25.2 Å². The van der Waals surface area contributed by atoms with E-state index in [4.69, 9.17) is 9.90 Å². The van der Waals surface area contributed by atoms with Gasteiger partial charge in [0.2, 0.25) is 0 Å². The Kier molecular flexibility index (Phi) is 6.20. The third kappa shape index (κ3) is 5.04. The van der Waals surface area contributed by atoms with Gasteiger partial charge in [-0.25, -0.2) is 0 Å². The molecule has 6 heteroatoms. The zero-order valence-electron chi connectivity index (χ0n) is 11.9. The van der Waals surface area contributed by atoms with E-state index in [9.17, 15) is 13.2 Å². The van der Waals surface area contributed by atoms with Crippen LogP contribution in [0.15, 0.2) is 30.3 Å². The van der Waals surface area contributed by atoms with Gasteiger partial charge in [0.1, 0.15) is 0 Å². The number of hydrogen-bond acceptors (Lipinski definition) is 2. The smallest absolute Gasteiger partial charge is 0.550 e. The van der Waals surface area contributed by atoms with Crippen LogP contribution in [-0.4, -0.2) is 5.97 Å². The lowest BCUT2D eigenvalue weighted by atomic mass is 10.2. The summed E-state index contributed by atoms with van der Waals surface area (Å²) in [5.74, 6) is -1.08. The van der Waals surface area contributed by atoms with Crippen molar-refractivity contribution >= 4 is 26.5 Å². The van der Waals surface area contributed by atoms with Crippen molar-refractivity contribution in [2.45, 2.75) is 38.6 Å². The van der Waals surface area contributed by atoms with Gasteiger partial charge in [-0.3, -0.25) is 0 Å². The summed E-state index contributed by atoms with van der Waals surface area (Å²) in [4.78, 5) is 9.43. The van der Waals surface area contributed by atoms with Gasteiger partial charge in [-0.15, -0.1) is 13.2 Å². The summed E-state index contributed by atoms with van der Waals surface area (Å²) in [6.45, 7) is 2.97. The molecule has 1 atom stereocenters. The first-order valence-electron chi connectivity index (χ1n) is 6.55. The highest BCUT2D eigenvalue weighted by Crippen LogP contribution is 2.51. The molecule has 0 aliphatic carbocycles. The fourth-order valence-electron chi connectivity index (χ4n) is 1.96. The van der Waals surface area contributed by atoms with Crippen LogP contribution in [0.5, 0.6) is 0 Å². The van der Waals surface area contributed by atoms with Crippen molar-refractivity contribution in [3.63, 3.8) is 0 Å². The van der Waals surface area contributed by atoms with Crippen molar-refractivity contribution in [2.75, 3.05) is 0 Å². The van der Waals surface area contributed by atoms with Gasteiger partial charge in [-0.1, -0.05) is 25.5 Å². The second-order valence-electron chi connectivity index (χ2n) is 4.50. The van der Waals surface area contributed by atoms with E-state index < -0.39 is 21.9 Å². The van der Waals surface area contributed by atoms with Crippen LogP contribution in [-0.2, 0) is 16.7 Å². The fraction of sp³-hybridized carbons (Fsp3) is 0.400. The first-order chi connectivity index (χ1) is 9.77. The number of rotatable bonds is 3. The minimum Gasteiger partial charge on any atom is -0.550 e. The molecule has 1 aromatic heterocycles. The molecule has 0 N–H and O–H groups in total. The molecule has 2 rings (SSSR count). The molecular weight excluding hydrogens is 301 g/mol. The van der Waals surface area contributed by atoms with Gasteiger partial charge in [0.25, 0.3) is 0 Å². The molecule has 1 heterocycles. The molecule has 21 heavy (non-hydrogen) atoms. The lowest BCUT2D eigenvalue weighted by Gasteiger charge is -1.99. The van der Waals surface area contributed by atoms with Gasteiger partial charge in [-0.2, -0.15) is 0 Å². The Labute approximate surface area is 124 Å². The molecule has 0 bridgehead atoms. The van der Waals surface area contributed by atoms with Crippen LogP contribution < -0.4 is 5.11 Å². The minimum atomic E-state index is -4.15. The molecule has 2 nitrogen and oxygen atoms in total. The maximum absolute atomic E-state index is 13.1. The van der Waals surface area contributed by atoms with E-state index >= 15 is 0 Å². The Morgan fingerprint density at radius 2 is 1.86 bits per heavy atom. The number of alkyl halides is 3. The molecule has 0 fully saturated rings. The van der Waals surface area contributed by atoms with Crippen molar-refractivity contribution in [2.24, 2.45) is 0 Å². The van der Waals surface area contributed by atoms with Gasteiger partial charge in [0, 0.05) is 23.8 Å². The number of carboxylic acids is 1. The highest BCUT2D eigenvalue weighted by molar-refractivity contribution is 7.38. The number of carbonyl (C=O) groups is 1. The fourth-order valence-corrected chi connectivity index (χ4v) is 3.96. The summed E-state index contributed by atoms with van der Waals surface area (Å²) in [7, 11) is -1.70. The monoisotopic (exact) mass is 318 g/mol. The molecule has 1 unspecified atom stereocenters. The Morgan fingerprint density at radius 1 is 1.29 bits per heavy atom. The molecular formula is C15H17F3O2S. The summed E-state index contributed by atoms with van der Waals surface area (Å²) >= 11 is 0. The third-order valence-electron chi connectivity index (χ3n) is 2.73.